The minimum Gasteiger partial charge on any atom is -0.448 e. The number of cyclic esters (lactones) is 1. The highest BCUT2D eigenvalue weighted by Crippen LogP contribution is 2.02. The number of amides is 2. The van der Waals surface area contributed by atoms with Crippen LogP contribution in [0.4, 0.5) is 4.79 Å². The average molecular weight is 172 g/mol. The molecule has 1 aliphatic heterocycles. The van der Waals surface area contributed by atoms with E-state index >= 15 is 0 Å². The van der Waals surface area contributed by atoms with Crippen molar-refractivity contribution in [2.24, 2.45) is 0 Å². The van der Waals surface area contributed by atoms with Crippen molar-refractivity contribution in [3.8, 4) is 0 Å². The highest BCUT2D eigenvalue weighted by Gasteiger charge is 2.20. The summed E-state index contributed by atoms with van der Waals surface area (Å²) >= 11 is 0. The third kappa shape index (κ3) is 2.41. The highest BCUT2D eigenvalue weighted by molar-refractivity contribution is 5.69. The van der Waals surface area contributed by atoms with E-state index in [1.54, 1.807) is 4.90 Å². The van der Waals surface area contributed by atoms with E-state index in [1.807, 2.05) is 0 Å². The Bertz CT molecular complexity index is 172. The summed E-state index contributed by atoms with van der Waals surface area (Å²) in [4.78, 5) is 22.3. The molecule has 0 bridgehead atoms. The molecule has 2 amide bonds. The van der Waals surface area contributed by atoms with Crippen molar-refractivity contribution in [2.75, 3.05) is 26.2 Å². The lowest BCUT2D eigenvalue weighted by atomic mass is 10.4. The predicted octanol–water partition coefficient (Wildman–Crippen LogP) is -0.425. The summed E-state index contributed by atoms with van der Waals surface area (Å²) in [5.41, 5.74) is 0. The number of ether oxygens (including phenoxy) is 1. The van der Waals surface area contributed by atoms with Crippen LogP contribution in [0.5, 0.6) is 0 Å². The molecule has 5 nitrogen and oxygen atoms in total. The van der Waals surface area contributed by atoms with Gasteiger partial charge in [0.1, 0.15) is 6.61 Å². The van der Waals surface area contributed by atoms with Gasteiger partial charge in [-0.05, 0) is 6.42 Å². The summed E-state index contributed by atoms with van der Waals surface area (Å²) in [7, 11) is 0. The van der Waals surface area contributed by atoms with Crippen LogP contribution in [0, 0.1) is 0 Å². The number of rotatable bonds is 5. The molecule has 1 aliphatic rings. The summed E-state index contributed by atoms with van der Waals surface area (Å²) in [6.07, 6.45) is 1.18. The minimum absolute atomic E-state index is 0.249. The number of hydrogen-bond acceptors (Lipinski definition) is 3. The predicted molar refractivity (Wildman–Crippen MR) is 41.6 cm³/mol. The summed E-state index contributed by atoms with van der Waals surface area (Å²) in [5, 5.41) is 2.53. The van der Waals surface area contributed by atoms with Crippen molar-refractivity contribution in [1.82, 2.24) is 10.2 Å². The van der Waals surface area contributed by atoms with Gasteiger partial charge in [0.05, 0.1) is 6.54 Å². The van der Waals surface area contributed by atoms with Gasteiger partial charge in [-0.2, -0.15) is 0 Å². The van der Waals surface area contributed by atoms with Gasteiger partial charge in [-0.15, -0.1) is 0 Å². The van der Waals surface area contributed by atoms with Gasteiger partial charge in [0, 0.05) is 13.1 Å². The summed E-state index contributed by atoms with van der Waals surface area (Å²) in [5.74, 6) is 0. The molecule has 0 atom stereocenters. The van der Waals surface area contributed by atoms with E-state index in [9.17, 15) is 9.59 Å². The monoisotopic (exact) mass is 172 g/mol. The normalized spacial score (nSPS) is 16.0. The van der Waals surface area contributed by atoms with Crippen molar-refractivity contribution in [2.45, 2.75) is 6.42 Å². The molecular formula is C7H12N2O3. The molecule has 1 fully saturated rings. The molecule has 0 spiro atoms. The summed E-state index contributed by atoms with van der Waals surface area (Å²) in [6.45, 7) is 2.41. The molecule has 0 unspecified atom stereocenters. The molecule has 12 heavy (non-hydrogen) atoms. The highest BCUT2D eigenvalue weighted by atomic mass is 16.6. The Balaban J connectivity index is 2.06. The van der Waals surface area contributed by atoms with Crippen LogP contribution in [0.25, 0.3) is 0 Å². The fourth-order valence-corrected chi connectivity index (χ4v) is 1.06. The SMILES string of the molecule is O=CNCCCN1CCOC1=O. The molecule has 0 aliphatic carbocycles. The van der Waals surface area contributed by atoms with E-state index in [2.05, 4.69) is 5.32 Å². The molecule has 1 N–H and O–H groups in total. The molecule has 1 rings (SSSR count). The first kappa shape index (κ1) is 8.83. The second kappa shape index (κ2) is 4.58. The number of carbonyl (C=O) groups excluding carboxylic acids is 2. The first-order valence-corrected chi connectivity index (χ1v) is 3.93. The first-order valence-electron chi connectivity index (χ1n) is 3.93. The average Bonchev–Trinajstić information content (AvgIpc) is 2.46. The third-order valence-electron chi connectivity index (χ3n) is 1.68. The molecule has 5 heteroatoms. The number of hydrogen-bond donors (Lipinski definition) is 1. The zero-order chi connectivity index (χ0) is 8.81. The Hall–Kier alpha value is -1.26. The van der Waals surface area contributed by atoms with Gasteiger partial charge in [0.15, 0.2) is 0 Å². The van der Waals surface area contributed by atoms with Crippen LogP contribution in [-0.4, -0.2) is 43.6 Å². The summed E-state index contributed by atoms with van der Waals surface area (Å²) in [6, 6.07) is 0. The van der Waals surface area contributed by atoms with Crippen LogP contribution < -0.4 is 5.32 Å². The zero-order valence-corrected chi connectivity index (χ0v) is 6.78. The van der Waals surface area contributed by atoms with E-state index in [1.165, 1.54) is 0 Å². The van der Waals surface area contributed by atoms with Gasteiger partial charge in [-0.25, -0.2) is 4.79 Å². The molecule has 0 aromatic heterocycles. The van der Waals surface area contributed by atoms with Gasteiger partial charge < -0.3 is 15.0 Å². The quantitative estimate of drug-likeness (QED) is 0.452. The van der Waals surface area contributed by atoms with E-state index in [-0.39, 0.29) is 6.09 Å². The number of carbonyl (C=O) groups is 2. The Kier molecular flexibility index (Phi) is 3.37. The Morgan fingerprint density at radius 1 is 1.67 bits per heavy atom. The number of nitrogens with one attached hydrogen (secondary N) is 1. The second-order valence-electron chi connectivity index (χ2n) is 2.53. The van der Waals surface area contributed by atoms with E-state index in [0.29, 0.717) is 32.7 Å². The Morgan fingerprint density at radius 2 is 2.50 bits per heavy atom. The second-order valence-corrected chi connectivity index (χ2v) is 2.53. The molecule has 1 saturated heterocycles. The molecule has 0 aromatic rings. The van der Waals surface area contributed by atoms with E-state index in [0.717, 1.165) is 6.42 Å². The van der Waals surface area contributed by atoms with Crippen molar-refractivity contribution in [1.29, 1.82) is 0 Å². The zero-order valence-electron chi connectivity index (χ0n) is 6.78. The molecular weight excluding hydrogens is 160 g/mol. The van der Waals surface area contributed by atoms with Gasteiger partial charge in [-0.1, -0.05) is 0 Å². The fourth-order valence-electron chi connectivity index (χ4n) is 1.06. The molecule has 1 heterocycles. The van der Waals surface area contributed by atoms with Crippen molar-refractivity contribution in [3.63, 3.8) is 0 Å². The molecule has 68 valence electrons. The lowest BCUT2D eigenvalue weighted by molar-refractivity contribution is -0.109. The van der Waals surface area contributed by atoms with Crippen LogP contribution in [0.3, 0.4) is 0 Å². The Labute approximate surface area is 70.7 Å². The maximum Gasteiger partial charge on any atom is 0.409 e. The molecule has 0 radical (unpaired) electrons. The van der Waals surface area contributed by atoms with Crippen LogP contribution in [0.15, 0.2) is 0 Å². The maximum atomic E-state index is 10.9. The molecule has 0 aromatic carbocycles. The topological polar surface area (TPSA) is 58.6 Å². The van der Waals surface area contributed by atoms with Crippen LogP contribution >= 0.6 is 0 Å². The minimum atomic E-state index is -0.249. The van der Waals surface area contributed by atoms with Crippen molar-refractivity contribution in [3.05, 3.63) is 0 Å². The lowest BCUT2D eigenvalue weighted by Crippen LogP contribution is -2.27. The third-order valence-corrected chi connectivity index (χ3v) is 1.68. The van der Waals surface area contributed by atoms with Gasteiger partial charge in [0.2, 0.25) is 6.41 Å². The molecule has 0 saturated carbocycles. The van der Waals surface area contributed by atoms with E-state index < -0.39 is 0 Å². The van der Waals surface area contributed by atoms with Crippen LogP contribution in [0.1, 0.15) is 6.42 Å². The van der Waals surface area contributed by atoms with Gasteiger partial charge in [-0.3, -0.25) is 4.79 Å². The number of nitrogens with zero attached hydrogens (tertiary/aromatic N) is 1. The standard InChI is InChI=1S/C7H12N2O3/c10-6-8-2-1-3-9-4-5-12-7(9)11/h6H,1-5H2,(H,8,10). The van der Waals surface area contributed by atoms with Crippen molar-refractivity contribution >= 4 is 12.5 Å². The fraction of sp³-hybridized carbons (Fsp3) is 0.714. The van der Waals surface area contributed by atoms with Crippen molar-refractivity contribution < 1.29 is 14.3 Å². The first-order chi connectivity index (χ1) is 5.84. The van der Waals surface area contributed by atoms with Gasteiger partial charge in [0.25, 0.3) is 0 Å². The van der Waals surface area contributed by atoms with Crippen LogP contribution in [0.2, 0.25) is 0 Å². The van der Waals surface area contributed by atoms with Gasteiger partial charge >= 0.3 is 6.09 Å². The smallest absolute Gasteiger partial charge is 0.409 e. The lowest BCUT2D eigenvalue weighted by Gasteiger charge is -2.11. The van der Waals surface area contributed by atoms with Crippen LogP contribution in [-0.2, 0) is 9.53 Å². The Morgan fingerprint density at radius 3 is 3.08 bits per heavy atom. The summed E-state index contributed by atoms with van der Waals surface area (Å²) < 4.78 is 4.72. The van der Waals surface area contributed by atoms with E-state index in [4.69, 9.17) is 4.74 Å². The largest absolute Gasteiger partial charge is 0.448 e. The maximum absolute atomic E-state index is 10.9.